The third-order valence-corrected chi connectivity index (χ3v) is 3.89. The first kappa shape index (κ1) is 18.7. The quantitative estimate of drug-likeness (QED) is 0.302. The number of amidine groups is 1. The van der Waals surface area contributed by atoms with E-state index in [1.165, 1.54) is 19.1 Å². The van der Waals surface area contributed by atoms with E-state index in [4.69, 9.17) is 9.84 Å². The molecular weight excluding hydrogens is 361 g/mol. The van der Waals surface area contributed by atoms with E-state index in [9.17, 15) is 14.4 Å². The van der Waals surface area contributed by atoms with E-state index in [-0.39, 0.29) is 35.8 Å². The summed E-state index contributed by atoms with van der Waals surface area (Å²) in [5, 5.41) is 28.1. The van der Waals surface area contributed by atoms with Gasteiger partial charge in [-0.2, -0.15) is 0 Å². The molecule has 2 aromatic rings. The fourth-order valence-electron chi connectivity index (χ4n) is 2.53. The molecule has 1 aliphatic carbocycles. The zero-order valence-corrected chi connectivity index (χ0v) is 14.3. The fourth-order valence-corrected chi connectivity index (χ4v) is 2.53. The highest BCUT2D eigenvalue weighted by Gasteiger charge is 2.28. The van der Waals surface area contributed by atoms with Crippen LogP contribution >= 0.6 is 0 Å². The molecule has 0 saturated carbocycles. The van der Waals surface area contributed by atoms with Crippen molar-refractivity contribution in [3.8, 4) is 5.88 Å². The van der Waals surface area contributed by atoms with Gasteiger partial charge in [-0.15, -0.1) is 0 Å². The molecule has 144 valence electrons. The molecule has 0 unspecified atom stereocenters. The number of nitrogens with one attached hydrogen (secondary N) is 2. The van der Waals surface area contributed by atoms with Crippen molar-refractivity contribution in [2.75, 3.05) is 13.2 Å². The Morgan fingerprint density at radius 1 is 1.52 bits per heavy atom. The fraction of sp³-hybridized carbons (Fsp3) is 0.375. The van der Waals surface area contributed by atoms with Gasteiger partial charge in [0, 0.05) is 6.54 Å². The summed E-state index contributed by atoms with van der Waals surface area (Å²) in [4.78, 5) is 15.9. The number of hydrogen-bond acceptors (Lipinski definition) is 8. The van der Waals surface area contributed by atoms with Crippen LogP contribution in [0.4, 0.5) is 4.39 Å². The normalized spacial score (nSPS) is 16.9. The molecule has 3 rings (SSSR count). The number of hydroxylamine groups is 1. The van der Waals surface area contributed by atoms with Gasteiger partial charge in [-0.1, -0.05) is 6.07 Å². The maximum Gasteiger partial charge on any atom is 0.287 e. The molecule has 1 heterocycles. The summed E-state index contributed by atoms with van der Waals surface area (Å²) in [5.74, 6) is -1.09. The molecule has 11 heteroatoms. The molecule has 0 saturated heterocycles. The third-order valence-electron chi connectivity index (χ3n) is 3.89. The van der Waals surface area contributed by atoms with Crippen molar-refractivity contribution in [1.82, 2.24) is 21.1 Å². The van der Waals surface area contributed by atoms with Gasteiger partial charge in [0.2, 0.25) is 5.69 Å². The Morgan fingerprint density at radius 2 is 2.33 bits per heavy atom. The van der Waals surface area contributed by atoms with Gasteiger partial charge in [-0.25, -0.2) is 9.02 Å². The average Bonchev–Trinajstić information content (AvgIpc) is 3.09. The first-order valence-electron chi connectivity index (χ1n) is 8.14. The molecular formula is C16H18FN5O5. The van der Waals surface area contributed by atoms with E-state index < -0.39 is 18.6 Å². The van der Waals surface area contributed by atoms with E-state index in [1.807, 2.05) is 5.48 Å². The van der Waals surface area contributed by atoms with E-state index in [1.54, 1.807) is 6.07 Å². The topological polar surface area (TPSA) is 142 Å². The van der Waals surface area contributed by atoms with Gasteiger partial charge < -0.3 is 15.2 Å². The first-order chi connectivity index (χ1) is 13.0. The van der Waals surface area contributed by atoms with Crippen LogP contribution in [0.3, 0.4) is 0 Å². The van der Waals surface area contributed by atoms with Gasteiger partial charge >= 0.3 is 0 Å². The number of aliphatic hydroxyl groups excluding tert-OH is 1. The molecule has 4 N–H and O–H groups in total. The predicted octanol–water partition coefficient (Wildman–Crippen LogP) is 0.107. The number of fused-ring (bicyclic) bond motifs is 1. The highest BCUT2D eigenvalue weighted by molar-refractivity contribution is 5.98. The van der Waals surface area contributed by atoms with Crippen molar-refractivity contribution in [3.05, 3.63) is 40.8 Å². The lowest BCUT2D eigenvalue weighted by Gasteiger charge is -2.27. The van der Waals surface area contributed by atoms with Crippen LogP contribution in [-0.4, -0.2) is 51.6 Å². The summed E-state index contributed by atoms with van der Waals surface area (Å²) < 4.78 is 23.2. The Labute approximate surface area is 153 Å². The molecule has 0 aliphatic heterocycles. The summed E-state index contributed by atoms with van der Waals surface area (Å²) >= 11 is 0. The second kappa shape index (κ2) is 8.10. The van der Waals surface area contributed by atoms with Crippen molar-refractivity contribution in [2.45, 2.75) is 25.5 Å². The molecule has 1 amide bonds. The van der Waals surface area contributed by atoms with Gasteiger partial charge in [0.25, 0.3) is 11.8 Å². The Bertz CT molecular complexity index is 853. The number of nitrogens with zero attached hydrogens (tertiary/aromatic N) is 3. The second-order valence-corrected chi connectivity index (χ2v) is 6.01. The van der Waals surface area contributed by atoms with E-state index in [2.05, 4.69) is 25.3 Å². The van der Waals surface area contributed by atoms with Crippen LogP contribution in [0.1, 0.15) is 29.8 Å². The largest absolute Gasteiger partial charge is 0.464 e. The summed E-state index contributed by atoms with van der Waals surface area (Å²) in [5.41, 5.74) is 3.53. The summed E-state index contributed by atoms with van der Waals surface area (Å²) in [6.45, 7) is 1.21. The van der Waals surface area contributed by atoms with E-state index in [0.29, 0.717) is 12.0 Å². The highest BCUT2D eigenvalue weighted by atomic mass is 19.1. The Kier molecular flexibility index (Phi) is 5.62. The van der Waals surface area contributed by atoms with Crippen LogP contribution in [0.5, 0.6) is 5.88 Å². The number of rotatable bonds is 7. The van der Waals surface area contributed by atoms with Gasteiger partial charge in [0.05, 0.1) is 12.1 Å². The number of halogens is 1. The van der Waals surface area contributed by atoms with Crippen LogP contribution in [0.15, 0.2) is 27.8 Å². The zero-order chi connectivity index (χ0) is 19.4. The number of aromatic nitrogens is 2. The van der Waals surface area contributed by atoms with Crippen molar-refractivity contribution in [2.24, 2.45) is 4.99 Å². The maximum atomic E-state index is 13.4. The zero-order valence-electron chi connectivity index (χ0n) is 14.3. The van der Waals surface area contributed by atoms with Crippen molar-refractivity contribution in [1.29, 1.82) is 0 Å². The standard InChI is InChI=1S/C16H18FN5O5/c1-8(23)6-18-13(24)7-26-16-14(21-27-22-16)15(20-25)19-12-4-9-2-3-10(17)5-11(9)12/h2-3,5,8,12,23,25H,4,6-7H2,1H3,(H,18,24)(H,19,20)/t8-,12-/m0/s1. The molecule has 0 spiro atoms. The van der Waals surface area contributed by atoms with Gasteiger partial charge in [-0.3, -0.25) is 20.5 Å². The van der Waals surface area contributed by atoms with Gasteiger partial charge in [-0.05, 0) is 46.9 Å². The van der Waals surface area contributed by atoms with Crippen LogP contribution < -0.4 is 15.5 Å². The summed E-state index contributed by atoms with van der Waals surface area (Å²) in [6.07, 6.45) is -0.116. The number of carbonyl (C=O) groups excluding carboxylic acids is 1. The minimum Gasteiger partial charge on any atom is -0.464 e. The highest BCUT2D eigenvalue weighted by Crippen LogP contribution is 2.37. The lowest BCUT2D eigenvalue weighted by atomic mass is 9.83. The number of ether oxygens (including phenoxy) is 1. The Balaban J connectivity index is 1.69. The van der Waals surface area contributed by atoms with Crippen LogP contribution in [0.25, 0.3) is 0 Å². The summed E-state index contributed by atoms with van der Waals surface area (Å²) in [6, 6.07) is 4.07. The number of aliphatic imine (C=N–C) groups is 1. The lowest BCUT2D eigenvalue weighted by molar-refractivity contribution is -0.123. The average molecular weight is 379 g/mol. The van der Waals surface area contributed by atoms with E-state index >= 15 is 0 Å². The van der Waals surface area contributed by atoms with Gasteiger partial charge in [0.1, 0.15) is 5.82 Å². The lowest BCUT2D eigenvalue weighted by Crippen LogP contribution is -2.34. The molecule has 27 heavy (non-hydrogen) atoms. The SMILES string of the molecule is C[C@H](O)CNC(=O)COc1nonc1C(=N[C@H]1Cc2ccc(F)cc21)NO. The molecule has 0 fully saturated rings. The number of hydrogen-bond donors (Lipinski definition) is 4. The summed E-state index contributed by atoms with van der Waals surface area (Å²) in [7, 11) is 0. The minimum absolute atomic E-state index is 0.0364. The number of carbonyl (C=O) groups is 1. The molecule has 10 nitrogen and oxygen atoms in total. The van der Waals surface area contributed by atoms with Gasteiger partial charge in [0.15, 0.2) is 12.4 Å². The number of benzene rings is 1. The number of amides is 1. The van der Waals surface area contributed by atoms with Crippen molar-refractivity contribution < 1.29 is 28.9 Å². The predicted molar refractivity (Wildman–Crippen MR) is 88.8 cm³/mol. The van der Waals surface area contributed by atoms with E-state index in [0.717, 1.165) is 5.56 Å². The maximum absolute atomic E-state index is 13.4. The van der Waals surface area contributed by atoms with Crippen molar-refractivity contribution in [3.63, 3.8) is 0 Å². The Morgan fingerprint density at radius 3 is 3.07 bits per heavy atom. The molecule has 1 aromatic heterocycles. The minimum atomic E-state index is -0.689. The Hall–Kier alpha value is -3.05. The number of aliphatic hydroxyl groups is 1. The molecule has 2 atom stereocenters. The molecule has 1 aliphatic rings. The van der Waals surface area contributed by atoms with Crippen LogP contribution in [0, 0.1) is 5.82 Å². The molecule has 0 bridgehead atoms. The first-order valence-corrected chi connectivity index (χ1v) is 8.14. The smallest absolute Gasteiger partial charge is 0.287 e. The molecule has 0 radical (unpaired) electrons. The van der Waals surface area contributed by atoms with Crippen LogP contribution in [0.2, 0.25) is 0 Å². The third kappa shape index (κ3) is 4.38. The monoisotopic (exact) mass is 379 g/mol. The van der Waals surface area contributed by atoms with Crippen molar-refractivity contribution >= 4 is 11.7 Å². The van der Waals surface area contributed by atoms with Crippen LogP contribution in [-0.2, 0) is 11.2 Å². The second-order valence-electron chi connectivity index (χ2n) is 6.01. The molecule has 1 aromatic carbocycles.